The number of rotatable bonds is 2. The van der Waals surface area contributed by atoms with Crippen LogP contribution in [0.3, 0.4) is 0 Å². The van der Waals surface area contributed by atoms with E-state index in [0.717, 1.165) is 5.92 Å². The molecular weight excluding hydrogens is 166 g/mol. The Morgan fingerprint density at radius 3 is 3.00 bits per heavy atom. The highest BCUT2D eigenvalue weighted by Crippen LogP contribution is 2.27. The molecule has 12 heavy (non-hydrogen) atoms. The monoisotopic (exact) mass is 181 g/mol. The molecule has 1 aromatic rings. The standard InChI is InChI=1S/C10H15NS/c11-10-2-1-8(6-10)5-9-3-4-12-7-9/h3-4,7-8,10H,1-2,5-6,11H2. The first kappa shape index (κ1) is 8.27. The molecular formula is C10H15NS. The van der Waals surface area contributed by atoms with Crippen LogP contribution in [0.5, 0.6) is 0 Å². The summed E-state index contributed by atoms with van der Waals surface area (Å²) in [4.78, 5) is 0. The van der Waals surface area contributed by atoms with Gasteiger partial charge in [-0.1, -0.05) is 0 Å². The summed E-state index contributed by atoms with van der Waals surface area (Å²) in [6.07, 6.45) is 5.04. The summed E-state index contributed by atoms with van der Waals surface area (Å²) in [5.74, 6) is 0.856. The molecule has 0 amide bonds. The van der Waals surface area contributed by atoms with Crippen LogP contribution in [0.4, 0.5) is 0 Å². The molecule has 1 nitrogen and oxygen atoms in total. The second-order valence-corrected chi connectivity index (χ2v) is 4.55. The fraction of sp³-hybridized carbons (Fsp3) is 0.600. The van der Waals surface area contributed by atoms with Crippen LogP contribution in [0.2, 0.25) is 0 Å². The molecule has 1 heterocycles. The molecule has 2 atom stereocenters. The van der Waals surface area contributed by atoms with Gasteiger partial charge < -0.3 is 5.73 Å². The minimum Gasteiger partial charge on any atom is -0.328 e. The zero-order valence-corrected chi connectivity index (χ0v) is 8.02. The molecule has 1 saturated carbocycles. The second kappa shape index (κ2) is 3.58. The lowest BCUT2D eigenvalue weighted by Crippen LogP contribution is -2.15. The van der Waals surface area contributed by atoms with Gasteiger partial charge >= 0.3 is 0 Å². The quantitative estimate of drug-likeness (QED) is 0.745. The molecule has 1 aliphatic rings. The van der Waals surface area contributed by atoms with Crippen molar-refractivity contribution in [2.75, 3.05) is 0 Å². The van der Waals surface area contributed by atoms with Gasteiger partial charge in [0, 0.05) is 6.04 Å². The first-order valence-electron chi connectivity index (χ1n) is 4.61. The third kappa shape index (κ3) is 1.87. The Hall–Kier alpha value is -0.340. The van der Waals surface area contributed by atoms with Gasteiger partial charge in [0.15, 0.2) is 0 Å². The predicted octanol–water partition coefficient (Wildman–Crippen LogP) is 2.42. The highest BCUT2D eigenvalue weighted by Gasteiger charge is 2.21. The highest BCUT2D eigenvalue weighted by atomic mass is 32.1. The van der Waals surface area contributed by atoms with Crippen LogP contribution >= 0.6 is 11.3 Å². The van der Waals surface area contributed by atoms with Crippen molar-refractivity contribution in [3.8, 4) is 0 Å². The van der Waals surface area contributed by atoms with Gasteiger partial charge in [-0.25, -0.2) is 0 Å². The molecule has 66 valence electrons. The van der Waals surface area contributed by atoms with Crippen LogP contribution in [0.25, 0.3) is 0 Å². The van der Waals surface area contributed by atoms with Crippen molar-refractivity contribution in [2.45, 2.75) is 31.7 Å². The summed E-state index contributed by atoms with van der Waals surface area (Å²) in [5, 5.41) is 4.41. The van der Waals surface area contributed by atoms with Crippen molar-refractivity contribution in [1.29, 1.82) is 0 Å². The SMILES string of the molecule is NC1CCC(Cc2ccsc2)C1. The van der Waals surface area contributed by atoms with Gasteiger partial charge in [0.2, 0.25) is 0 Å². The van der Waals surface area contributed by atoms with Gasteiger partial charge in [0.25, 0.3) is 0 Å². The molecule has 0 radical (unpaired) electrons. The van der Waals surface area contributed by atoms with E-state index < -0.39 is 0 Å². The number of hydrogen-bond donors (Lipinski definition) is 1. The maximum Gasteiger partial charge on any atom is 0.00416 e. The Morgan fingerprint density at radius 2 is 2.42 bits per heavy atom. The Morgan fingerprint density at radius 1 is 1.50 bits per heavy atom. The van der Waals surface area contributed by atoms with Gasteiger partial charge in [-0.05, 0) is 54.0 Å². The summed E-state index contributed by atoms with van der Waals surface area (Å²) in [6.45, 7) is 0. The molecule has 0 aromatic carbocycles. The van der Waals surface area contributed by atoms with Crippen molar-refractivity contribution < 1.29 is 0 Å². The molecule has 0 aliphatic heterocycles. The van der Waals surface area contributed by atoms with Crippen LogP contribution in [0.15, 0.2) is 16.8 Å². The van der Waals surface area contributed by atoms with Crippen LogP contribution in [0.1, 0.15) is 24.8 Å². The van der Waals surface area contributed by atoms with E-state index in [1.165, 1.54) is 31.2 Å². The van der Waals surface area contributed by atoms with E-state index in [0.29, 0.717) is 6.04 Å². The van der Waals surface area contributed by atoms with E-state index >= 15 is 0 Å². The zero-order valence-electron chi connectivity index (χ0n) is 7.20. The molecule has 1 fully saturated rings. The lowest BCUT2D eigenvalue weighted by Gasteiger charge is -2.06. The summed E-state index contributed by atoms with van der Waals surface area (Å²) in [6, 6.07) is 2.71. The molecule has 1 aliphatic carbocycles. The third-order valence-corrected chi connectivity index (χ3v) is 3.42. The van der Waals surface area contributed by atoms with Crippen molar-refractivity contribution in [3.05, 3.63) is 22.4 Å². The number of nitrogens with two attached hydrogens (primary N) is 1. The van der Waals surface area contributed by atoms with Crippen molar-refractivity contribution in [1.82, 2.24) is 0 Å². The third-order valence-electron chi connectivity index (χ3n) is 2.69. The highest BCUT2D eigenvalue weighted by molar-refractivity contribution is 7.07. The van der Waals surface area contributed by atoms with E-state index in [4.69, 9.17) is 5.73 Å². The minimum atomic E-state index is 0.480. The Labute approximate surface area is 77.6 Å². The minimum absolute atomic E-state index is 0.480. The topological polar surface area (TPSA) is 26.0 Å². The Balaban J connectivity index is 1.88. The lowest BCUT2D eigenvalue weighted by atomic mass is 10.00. The molecule has 0 spiro atoms. The molecule has 2 rings (SSSR count). The van der Waals surface area contributed by atoms with Gasteiger partial charge in [0.05, 0.1) is 0 Å². The smallest absolute Gasteiger partial charge is 0.00416 e. The molecule has 0 bridgehead atoms. The van der Waals surface area contributed by atoms with Gasteiger partial charge in [-0.15, -0.1) is 0 Å². The maximum absolute atomic E-state index is 5.86. The van der Waals surface area contributed by atoms with Crippen molar-refractivity contribution in [2.24, 2.45) is 11.7 Å². The summed E-state index contributed by atoms with van der Waals surface area (Å²) >= 11 is 1.79. The van der Waals surface area contributed by atoms with Crippen LogP contribution in [0, 0.1) is 5.92 Å². The lowest BCUT2D eigenvalue weighted by molar-refractivity contribution is 0.536. The normalized spacial score (nSPS) is 29.4. The fourth-order valence-corrected chi connectivity index (χ4v) is 2.72. The average Bonchev–Trinajstić information content (AvgIpc) is 2.63. The zero-order chi connectivity index (χ0) is 8.39. The largest absolute Gasteiger partial charge is 0.328 e. The molecule has 2 N–H and O–H groups in total. The van der Waals surface area contributed by atoms with Crippen LogP contribution < -0.4 is 5.73 Å². The second-order valence-electron chi connectivity index (χ2n) is 3.77. The van der Waals surface area contributed by atoms with Crippen LogP contribution in [-0.2, 0) is 6.42 Å². The summed E-state index contributed by atoms with van der Waals surface area (Å²) < 4.78 is 0. The number of hydrogen-bond acceptors (Lipinski definition) is 2. The van der Waals surface area contributed by atoms with Gasteiger partial charge in [-0.2, -0.15) is 11.3 Å². The predicted molar refractivity (Wildman–Crippen MR) is 53.3 cm³/mol. The van der Waals surface area contributed by atoms with Gasteiger partial charge in [-0.3, -0.25) is 0 Å². The van der Waals surface area contributed by atoms with E-state index in [-0.39, 0.29) is 0 Å². The Bertz CT molecular complexity index is 230. The fourth-order valence-electron chi connectivity index (χ4n) is 2.04. The average molecular weight is 181 g/mol. The van der Waals surface area contributed by atoms with E-state index in [1.807, 2.05) is 0 Å². The van der Waals surface area contributed by atoms with Crippen LogP contribution in [-0.4, -0.2) is 6.04 Å². The van der Waals surface area contributed by atoms with Gasteiger partial charge in [0.1, 0.15) is 0 Å². The Kier molecular flexibility index (Phi) is 2.47. The van der Waals surface area contributed by atoms with Crippen molar-refractivity contribution in [3.63, 3.8) is 0 Å². The van der Waals surface area contributed by atoms with E-state index in [9.17, 15) is 0 Å². The molecule has 1 aromatic heterocycles. The summed E-state index contributed by atoms with van der Waals surface area (Å²) in [5.41, 5.74) is 7.36. The van der Waals surface area contributed by atoms with E-state index in [1.54, 1.807) is 11.3 Å². The molecule has 0 saturated heterocycles. The molecule has 2 heteroatoms. The first-order chi connectivity index (χ1) is 5.84. The number of thiophene rings is 1. The van der Waals surface area contributed by atoms with Crippen molar-refractivity contribution >= 4 is 11.3 Å². The van der Waals surface area contributed by atoms with E-state index in [2.05, 4.69) is 16.8 Å². The molecule has 2 unspecified atom stereocenters. The maximum atomic E-state index is 5.86. The first-order valence-corrected chi connectivity index (χ1v) is 5.55. The summed E-state index contributed by atoms with van der Waals surface area (Å²) in [7, 11) is 0.